The molecule has 1 heterocycles. The number of ketones is 1. The van der Waals surface area contributed by atoms with Gasteiger partial charge in [0.05, 0.1) is 10.9 Å². The summed E-state index contributed by atoms with van der Waals surface area (Å²) in [5.74, 6) is -0.376. The van der Waals surface area contributed by atoms with Gasteiger partial charge in [0.15, 0.2) is 12.4 Å². The average Bonchev–Trinajstić information content (AvgIpc) is 2.73. The lowest BCUT2D eigenvalue weighted by atomic mass is 10.0. The van der Waals surface area contributed by atoms with E-state index in [4.69, 9.17) is 9.15 Å². The zero-order chi connectivity index (χ0) is 21.3. The zero-order valence-corrected chi connectivity index (χ0v) is 15.9. The number of aryl methyl sites for hydroxylation is 1. The second-order valence-electron chi connectivity index (χ2n) is 6.75. The van der Waals surface area contributed by atoms with E-state index in [1.165, 1.54) is 54.6 Å². The first-order valence-corrected chi connectivity index (χ1v) is 9.17. The highest BCUT2D eigenvalue weighted by Gasteiger charge is 2.15. The minimum absolute atomic E-state index is 0.241. The summed E-state index contributed by atoms with van der Waals surface area (Å²) >= 11 is 0. The molecule has 30 heavy (non-hydrogen) atoms. The van der Waals surface area contributed by atoms with Crippen molar-refractivity contribution < 1.29 is 22.7 Å². The zero-order valence-electron chi connectivity index (χ0n) is 15.9. The van der Waals surface area contributed by atoms with Crippen LogP contribution in [0, 0.1) is 18.6 Å². The smallest absolute Gasteiger partial charge is 0.200 e. The van der Waals surface area contributed by atoms with Crippen LogP contribution in [0.4, 0.5) is 8.78 Å². The van der Waals surface area contributed by atoms with Crippen LogP contribution in [0.3, 0.4) is 0 Å². The fourth-order valence-corrected chi connectivity index (χ4v) is 3.19. The van der Waals surface area contributed by atoms with Crippen LogP contribution in [0.5, 0.6) is 5.75 Å². The molecule has 0 saturated heterocycles. The average molecular weight is 406 g/mol. The molecule has 4 rings (SSSR count). The number of fused-ring (bicyclic) bond motifs is 1. The van der Waals surface area contributed by atoms with E-state index >= 15 is 0 Å². The molecule has 3 aromatic carbocycles. The standard InChI is InChI=1S/C24H16F2O4/c1-14-23(16-4-8-18(26)9-5-16)24(28)20-11-10-19(12-22(20)30-14)29-13-21(27)15-2-6-17(25)7-3-15/h2-12H,13H2,1H3. The molecule has 0 fully saturated rings. The van der Waals surface area contributed by atoms with Crippen LogP contribution in [-0.4, -0.2) is 12.4 Å². The summed E-state index contributed by atoms with van der Waals surface area (Å²) in [5, 5.41) is 0.345. The van der Waals surface area contributed by atoms with Gasteiger partial charge in [-0.3, -0.25) is 9.59 Å². The molecule has 0 aliphatic heterocycles. The molecule has 0 aliphatic rings. The Morgan fingerprint density at radius 1 is 0.933 bits per heavy atom. The Morgan fingerprint density at radius 2 is 1.57 bits per heavy atom. The molecule has 6 heteroatoms. The van der Waals surface area contributed by atoms with Gasteiger partial charge in [0.1, 0.15) is 28.7 Å². The number of Topliss-reactive ketones (excluding diaryl/α,β-unsaturated/α-hetero) is 1. The Morgan fingerprint density at radius 3 is 2.23 bits per heavy atom. The number of hydrogen-bond acceptors (Lipinski definition) is 4. The van der Waals surface area contributed by atoms with Crippen molar-refractivity contribution in [2.75, 3.05) is 6.61 Å². The molecule has 0 N–H and O–H groups in total. The van der Waals surface area contributed by atoms with Gasteiger partial charge in [-0.05, 0) is 61.0 Å². The monoisotopic (exact) mass is 406 g/mol. The maximum absolute atomic E-state index is 13.2. The van der Waals surface area contributed by atoms with Gasteiger partial charge >= 0.3 is 0 Å². The van der Waals surface area contributed by atoms with Crippen molar-refractivity contribution in [3.05, 3.63) is 99.9 Å². The van der Waals surface area contributed by atoms with Gasteiger partial charge in [-0.15, -0.1) is 0 Å². The molecule has 0 atom stereocenters. The summed E-state index contributed by atoms with van der Waals surface area (Å²) < 4.78 is 37.5. The van der Waals surface area contributed by atoms with E-state index in [0.717, 1.165) is 0 Å². The summed E-state index contributed by atoms with van der Waals surface area (Å²) in [5.41, 5.74) is 1.34. The molecule has 0 bridgehead atoms. The first-order chi connectivity index (χ1) is 14.4. The number of halogens is 2. The predicted octanol–water partition coefficient (Wildman–Crippen LogP) is 5.31. The van der Waals surface area contributed by atoms with Crippen LogP contribution in [-0.2, 0) is 0 Å². The predicted molar refractivity (Wildman–Crippen MR) is 109 cm³/mol. The van der Waals surface area contributed by atoms with Crippen LogP contribution in [0.2, 0.25) is 0 Å². The normalized spacial score (nSPS) is 10.9. The van der Waals surface area contributed by atoms with Gasteiger partial charge in [-0.1, -0.05) is 12.1 Å². The van der Waals surface area contributed by atoms with Gasteiger partial charge in [-0.2, -0.15) is 0 Å². The van der Waals surface area contributed by atoms with Gasteiger partial charge in [0, 0.05) is 11.6 Å². The van der Waals surface area contributed by atoms with Crippen molar-refractivity contribution in [1.29, 1.82) is 0 Å². The minimum atomic E-state index is -0.424. The Kier molecular flexibility index (Phi) is 5.14. The Bertz CT molecular complexity index is 1290. The van der Waals surface area contributed by atoms with Crippen molar-refractivity contribution in [3.8, 4) is 16.9 Å². The molecular formula is C24H16F2O4. The van der Waals surface area contributed by atoms with Crippen LogP contribution in [0.1, 0.15) is 16.1 Å². The third kappa shape index (κ3) is 3.85. The quantitative estimate of drug-likeness (QED) is 0.422. The van der Waals surface area contributed by atoms with Gasteiger partial charge in [-0.25, -0.2) is 8.78 Å². The number of carbonyl (C=O) groups excluding carboxylic acids is 1. The molecule has 0 unspecified atom stereocenters. The number of carbonyl (C=O) groups is 1. The Balaban J connectivity index is 1.61. The second kappa shape index (κ2) is 7.91. The fourth-order valence-electron chi connectivity index (χ4n) is 3.19. The lowest BCUT2D eigenvalue weighted by Gasteiger charge is -2.09. The van der Waals surface area contributed by atoms with Crippen molar-refractivity contribution in [2.45, 2.75) is 6.92 Å². The van der Waals surface area contributed by atoms with E-state index in [1.807, 2.05) is 0 Å². The highest BCUT2D eigenvalue weighted by Crippen LogP contribution is 2.26. The third-order valence-corrected chi connectivity index (χ3v) is 4.71. The van der Waals surface area contributed by atoms with Gasteiger partial charge in [0.25, 0.3) is 0 Å². The molecular weight excluding hydrogens is 390 g/mol. The fraction of sp³-hybridized carbons (Fsp3) is 0.0833. The molecule has 4 nitrogen and oxygen atoms in total. The number of rotatable bonds is 5. The molecule has 1 aromatic heterocycles. The van der Waals surface area contributed by atoms with Crippen LogP contribution >= 0.6 is 0 Å². The summed E-state index contributed by atoms with van der Waals surface area (Å²) in [4.78, 5) is 25.1. The van der Waals surface area contributed by atoms with Crippen molar-refractivity contribution in [1.82, 2.24) is 0 Å². The van der Waals surface area contributed by atoms with Crippen LogP contribution < -0.4 is 10.2 Å². The first kappa shape index (κ1) is 19.5. The van der Waals surface area contributed by atoms with E-state index < -0.39 is 11.6 Å². The van der Waals surface area contributed by atoms with Crippen LogP contribution in [0.15, 0.2) is 75.9 Å². The van der Waals surface area contributed by atoms with Crippen molar-refractivity contribution in [2.24, 2.45) is 0 Å². The molecule has 0 radical (unpaired) electrons. The lowest BCUT2D eigenvalue weighted by Crippen LogP contribution is -2.12. The van der Waals surface area contributed by atoms with Crippen molar-refractivity contribution >= 4 is 16.8 Å². The topological polar surface area (TPSA) is 56.5 Å². The van der Waals surface area contributed by atoms with Crippen LogP contribution in [0.25, 0.3) is 22.1 Å². The SMILES string of the molecule is Cc1oc2cc(OCC(=O)c3ccc(F)cc3)ccc2c(=O)c1-c1ccc(F)cc1. The number of benzene rings is 3. The van der Waals surface area contributed by atoms with Gasteiger partial charge in [0.2, 0.25) is 5.43 Å². The van der Waals surface area contributed by atoms with E-state index in [2.05, 4.69) is 0 Å². The summed E-state index contributed by atoms with van der Waals surface area (Å²) in [6.07, 6.45) is 0. The molecule has 150 valence electrons. The molecule has 0 aliphatic carbocycles. The Hall–Kier alpha value is -3.80. The largest absolute Gasteiger partial charge is 0.485 e. The van der Waals surface area contributed by atoms with E-state index in [0.29, 0.717) is 39.2 Å². The molecule has 4 aromatic rings. The Labute approximate surface area is 170 Å². The molecule has 0 amide bonds. The maximum atomic E-state index is 13.2. The first-order valence-electron chi connectivity index (χ1n) is 9.17. The second-order valence-corrected chi connectivity index (χ2v) is 6.75. The lowest BCUT2D eigenvalue weighted by molar-refractivity contribution is 0.0921. The van der Waals surface area contributed by atoms with E-state index in [-0.39, 0.29) is 17.8 Å². The van der Waals surface area contributed by atoms with Crippen molar-refractivity contribution in [3.63, 3.8) is 0 Å². The minimum Gasteiger partial charge on any atom is -0.485 e. The highest BCUT2D eigenvalue weighted by atomic mass is 19.1. The number of hydrogen-bond donors (Lipinski definition) is 0. The maximum Gasteiger partial charge on any atom is 0.200 e. The van der Waals surface area contributed by atoms with E-state index in [1.54, 1.807) is 19.1 Å². The summed E-state index contributed by atoms with van der Waals surface area (Å²) in [6.45, 7) is 1.42. The van der Waals surface area contributed by atoms with Gasteiger partial charge < -0.3 is 9.15 Å². The number of ether oxygens (including phenoxy) is 1. The third-order valence-electron chi connectivity index (χ3n) is 4.71. The summed E-state index contributed by atoms with van der Waals surface area (Å²) in [6, 6.07) is 15.5. The van der Waals surface area contributed by atoms with E-state index in [9.17, 15) is 18.4 Å². The molecule has 0 spiro atoms. The summed E-state index contributed by atoms with van der Waals surface area (Å²) in [7, 11) is 0. The highest BCUT2D eigenvalue weighted by molar-refractivity contribution is 5.97. The molecule has 0 saturated carbocycles.